The molecule has 0 amide bonds. The van der Waals surface area contributed by atoms with Crippen LogP contribution in [0.1, 0.15) is 18.9 Å². The fraction of sp³-hybridized carbons (Fsp3) is 0.467. The third-order valence-electron chi connectivity index (χ3n) is 2.76. The normalized spacial score (nSPS) is 10.5. The van der Waals surface area contributed by atoms with Crippen LogP contribution in [0.2, 0.25) is 0 Å². The van der Waals surface area contributed by atoms with Gasteiger partial charge in [0.25, 0.3) is 0 Å². The van der Waals surface area contributed by atoms with Gasteiger partial charge in [0.05, 0.1) is 6.61 Å². The molecule has 106 valence electrons. The Bertz CT molecular complexity index is 407. The molecule has 0 aliphatic rings. The summed E-state index contributed by atoms with van der Waals surface area (Å²) in [5.74, 6) is 0.876. The molecule has 0 bridgehead atoms. The maximum absolute atomic E-state index is 5.71. The molecule has 1 aromatic rings. The molecule has 0 aliphatic heterocycles. The van der Waals surface area contributed by atoms with Crippen molar-refractivity contribution in [1.82, 2.24) is 5.32 Å². The molecule has 1 rings (SSSR count). The third kappa shape index (κ3) is 6.23. The van der Waals surface area contributed by atoms with Gasteiger partial charge in [0, 0.05) is 24.7 Å². The number of hydrogen-bond acceptors (Lipinski definition) is 3. The van der Waals surface area contributed by atoms with E-state index < -0.39 is 0 Å². The van der Waals surface area contributed by atoms with E-state index in [4.69, 9.17) is 9.47 Å². The molecule has 0 radical (unpaired) electrons. The molecular weight excluding hydrogens is 306 g/mol. The lowest BCUT2D eigenvalue weighted by Crippen LogP contribution is -2.18. The minimum atomic E-state index is 0.578. The molecule has 0 saturated heterocycles. The number of halogens is 1. The first-order valence-corrected chi connectivity index (χ1v) is 7.24. The lowest BCUT2D eigenvalue weighted by atomic mass is 10.2. The molecule has 3 nitrogen and oxygen atoms in total. The highest BCUT2D eigenvalue weighted by molar-refractivity contribution is 9.10. The zero-order valence-corrected chi connectivity index (χ0v) is 13.3. The van der Waals surface area contributed by atoms with Crippen LogP contribution in [0.4, 0.5) is 0 Å². The standard InChI is InChI=1S/C15H22BrNO2/c1-4-12(2)11-19-14-5-6-15(16)13(9-14)10-17-7-8-18-3/h5-6,9,17H,2,4,7-8,10-11H2,1,3H3. The van der Waals surface area contributed by atoms with Crippen LogP contribution < -0.4 is 10.1 Å². The Morgan fingerprint density at radius 3 is 2.89 bits per heavy atom. The maximum Gasteiger partial charge on any atom is 0.120 e. The smallest absolute Gasteiger partial charge is 0.120 e. The van der Waals surface area contributed by atoms with E-state index in [0.717, 1.165) is 35.3 Å². The van der Waals surface area contributed by atoms with Crippen molar-refractivity contribution in [1.29, 1.82) is 0 Å². The molecular formula is C15H22BrNO2. The maximum atomic E-state index is 5.71. The fourth-order valence-corrected chi connectivity index (χ4v) is 1.85. The molecule has 0 spiro atoms. The molecule has 0 saturated carbocycles. The van der Waals surface area contributed by atoms with Gasteiger partial charge in [0.15, 0.2) is 0 Å². The lowest BCUT2D eigenvalue weighted by Gasteiger charge is -2.11. The second kappa shape index (κ2) is 9.13. The summed E-state index contributed by atoms with van der Waals surface area (Å²) in [6.07, 6.45) is 0.946. The zero-order chi connectivity index (χ0) is 14.1. The van der Waals surface area contributed by atoms with Crippen molar-refractivity contribution in [2.45, 2.75) is 19.9 Å². The summed E-state index contributed by atoms with van der Waals surface area (Å²) in [6.45, 7) is 8.93. The number of hydrogen-bond donors (Lipinski definition) is 1. The lowest BCUT2D eigenvalue weighted by molar-refractivity contribution is 0.199. The Morgan fingerprint density at radius 1 is 1.42 bits per heavy atom. The highest BCUT2D eigenvalue weighted by Gasteiger charge is 2.03. The van der Waals surface area contributed by atoms with Crippen LogP contribution in [0.15, 0.2) is 34.8 Å². The van der Waals surface area contributed by atoms with Gasteiger partial charge in [-0.05, 0) is 35.8 Å². The van der Waals surface area contributed by atoms with E-state index in [-0.39, 0.29) is 0 Å². The van der Waals surface area contributed by atoms with Crippen LogP contribution >= 0.6 is 15.9 Å². The van der Waals surface area contributed by atoms with Crippen LogP contribution in [0.25, 0.3) is 0 Å². The molecule has 0 unspecified atom stereocenters. The highest BCUT2D eigenvalue weighted by atomic mass is 79.9. The monoisotopic (exact) mass is 327 g/mol. The predicted octanol–water partition coefficient (Wildman–Crippen LogP) is 3.53. The van der Waals surface area contributed by atoms with E-state index >= 15 is 0 Å². The molecule has 4 heteroatoms. The SMILES string of the molecule is C=C(CC)COc1ccc(Br)c(CNCCOC)c1. The Kier molecular flexibility index (Phi) is 7.79. The highest BCUT2D eigenvalue weighted by Crippen LogP contribution is 2.23. The molecule has 1 N–H and O–H groups in total. The van der Waals surface area contributed by atoms with Crippen molar-refractivity contribution >= 4 is 15.9 Å². The Balaban J connectivity index is 2.53. The third-order valence-corrected chi connectivity index (χ3v) is 3.53. The van der Waals surface area contributed by atoms with Crippen LogP contribution in [-0.4, -0.2) is 26.9 Å². The van der Waals surface area contributed by atoms with Gasteiger partial charge < -0.3 is 14.8 Å². The largest absolute Gasteiger partial charge is 0.489 e. The van der Waals surface area contributed by atoms with E-state index in [1.807, 2.05) is 18.2 Å². The van der Waals surface area contributed by atoms with Crippen molar-refractivity contribution in [3.8, 4) is 5.75 Å². The Hall–Kier alpha value is -0.840. The summed E-state index contributed by atoms with van der Waals surface area (Å²) in [5.41, 5.74) is 2.28. The first-order chi connectivity index (χ1) is 9.17. The molecule has 0 heterocycles. The fourth-order valence-electron chi connectivity index (χ4n) is 1.46. The predicted molar refractivity (Wildman–Crippen MR) is 82.7 cm³/mol. The number of ether oxygens (including phenoxy) is 2. The second-order valence-corrected chi connectivity index (χ2v) is 5.17. The zero-order valence-electron chi connectivity index (χ0n) is 11.7. The van der Waals surface area contributed by atoms with E-state index in [1.54, 1.807) is 7.11 Å². The molecule has 0 atom stereocenters. The van der Waals surface area contributed by atoms with E-state index in [1.165, 1.54) is 5.56 Å². The van der Waals surface area contributed by atoms with Crippen LogP contribution in [-0.2, 0) is 11.3 Å². The van der Waals surface area contributed by atoms with Gasteiger partial charge in [-0.1, -0.05) is 29.4 Å². The minimum absolute atomic E-state index is 0.578. The van der Waals surface area contributed by atoms with Gasteiger partial charge in [-0.15, -0.1) is 0 Å². The summed E-state index contributed by atoms with van der Waals surface area (Å²) in [7, 11) is 1.70. The summed E-state index contributed by atoms with van der Waals surface area (Å²) in [6, 6.07) is 6.02. The second-order valence-electron chi connectivity index (χ2n) is 4.32. The topological polar surface area (TPSA) is 30.5 Å². The first-order valence-electron chi connectivity index (χ1n) is 6.45. The van der Waals surface area contributed by atoms with Crippen molar-refractivity contribution in [2.24, 2.45) is 0 Å². The quantitative estimate of drug-likeness (QED) is 0.556. The number of nitrogens with one attached hydrogen (secondary N) is 1. The number of methoxy groups -OCH3 is 1. The summed E-state index contributed by atoms with van der Waals surface area (Å²) in [5, 5.41) is 3.32. The van der Waals surface area contributed by atoms with Crippen molar-refractivity contribution < 1.29 is 9.47 Å². The first kappa shape index (κ1) is 16.2. The average Bonchev–Trinajstić information content (AvgIpc) is 2.43. The minimum Gasteiger partial charge on any atom is -0.489 e. The molecule has 1 aromatic carbocycles. The summed E-state index contributed by atoms with van der Waals surface area (Å²) >= 11 is 3.55. The van der Waals surface area contributed by atoms with Crippen molar-refractivity contribution in [3.05, 3.63) is 40.4 Å². The molecule has 0 aliphatic carbocycles. The van der Waals surface area contributed by atoms with Gasteiger partial charge in [0.2, 0.25) is 0 Å². The van der Waals surface area contributed by atoms with Crippen LogP contribution in [0, 0.1) is 0 Å². The van der Waals surface area contributed by atoms with Gasteiger partial charge in [-0.25, -0.2) is 0 Å². The number of benzene rings is 1. The van der Waals surface area contributed by atoms with E-state index in [0.29, 0.717) is 13.2 Å². The molecule has 0 aromatic heterocycles. The number of rotatable bonds is 9. The Morgan fingerprint density at radius 2 is 2.21 bits per heavy atom. The summed E-state index contributed by atoms with van der Waals surface area (Å²) in [4.78, 5) is 0. The molecule has 0 fully saturated rings. The van der Waals surface area contributed by atoms with Crippen molar-refractivity contribution in [2.75, 3.05) is 26.9 Å². The van der Waals surface area contributed by atoms with E-state index in [2.05, 4.69) is 34.7 Å². The van der Waals surface area contributed by atoms with Crippen molar-refractivity contribution in [3.63, 3.8) is 0 Å². The van der Waals surface area contributed by atoms with E-state index in [9.17, 15) is 0 Å². The Labute approximate surface area is 124 Å². The van der Waals surface area contributed by atoms with Crippen LogP contribution in [0.3, 0.4) is 0 Å². The van der Waals surface area contributed by atoms with Gasteiger partial charge in [-0.2, -0.15) is 0 Å². The summed E-state index contributed by atoms with van der Waals surface area (Å²) < 4.78 is 11.8. The van der Waals surface area contributed by atoms with Gasteiger partial charge in [0.1, 0.15) is 12.4 Å². The van der Waals surface area contributed by atoms with Gasteiger partial charge >= 0.3 is 0 Å². The average molecular weight is 328 g/mol. The van der Waals surface area contributed by atoms with Gasteiger partial charge in [-0.3, -0.25) is 0 Å². The van der Waals surface area contributed by atoms with Crippen LogP contribution in [0.5, 0.6) is 5.75 Å². The molecule has 19 heavy (non-hydrogen) atoms.